The first-order chi connectivity index (χ1) is 11.0. The number of pyridine rings is 1. The van der Waals surface area contributed by atoms with Crippen molar-refractivity contribution in [3.63, 3.8) is 0 Å². The lowest BCUT2D eigenvalue weighted by atomic mass is 9.98. The minimum Gasteiger partial charge on any atom is -0.367 e. The van der Waals surface area contributed by atoms with Crippen LogP contribution in [0.2, 0.25) is 0 Å². The Morgan fingerprint density at radius 2 is 2.04 bits per heavy atom. The Hall–Kier alpha value is -2.18. The fourth-order valence-corrected chi connectivity index (χ4v) is 2.93. The molecule has 0 unspecified atom stereocenters. The highest BCUT2D eigenvalue weighted by Crippen LogP contribution is 2.20. The van der Waals surface area contributed by atoms with Gasteiger partial charge < -0.3 is 10.2 Å². The van der Waals surface area contributed by atoms with Gasteiger partial charge >= 0.3 is 0 Å². The first-order valence-electron chi connectivity index (χ1n) is 8.20. The third kappa shape index (κ3) is 4.40. The standard InChI is InChI=1S/C16H24N4O3/c1-3-12(4-2)16(21)19-9-7-13(8-10-19)18-15-6-5-14(11-17-15)20(22)23/h5-6,11-13H,3-4,7-10H2,1-2H3,(H,17,18). The van der Waals surface area contributed by atoms with Crippen LogP contribution in [-0.2, 0) is 4.79 Å². The Morgan fingerprint density at radius 1 is 1.39 bits per heavy atom. The summed E-state index contributed by atoms with van der Waals surface area (Å²) in [6, 6.07) is 3.32. The number of carbonyl (C=O) groups is 1. The third-order valence-corrected chi connectivity index (χ3v) is 4.45. The molecule has 0 saturated carbocycles. The average molecular weight is 320 g/mol. The SMILES string of the molecule is CCC(CC)C(=O)N1CCC(Nc2ccc([N+](=O)[O-])cn2)CC1. The van der Waals surface area contributed by atoms with Crippen LogP contribution in [0.15, 0.2) is 18.3 Å². The summed E-state index contributed by atoms with van der Waals surface area (Å²) in [7, 11) is 0. The van der Waals surface area contributed by atoms with E-state index in [2.05, 4.69) is 24.1 Å². The number of hydrogen-bond donors (Lipinski definition) is 1. The Labute approximate surface area is 136 Å². The van der Waals surface area contributed by atoms with E-state index in [1.165, 1.54) is 12.3 Å². The van der Waals surface area contributed by atoms with E-state index in [0.29, 0.717) is 5.82 Å². The van der Waals surface area contributed by atoms with Gasteiger partial charge in [0.15, 0.2) is 0 Å². The molecule has 1 saturated heterocycles. The molecule has 1 aliphatic rings. The van der Waals surface area contributed by atoms with E-state index >= 15 is 0 Å². The van der Waals surface area contributed by atoms with Crippen LogP contribution in [0.25, 0.3) is 0 Å². The van der Waals surface area contributed by atoms with E-state index in [0.717, 1.165) is 38.8 Å². The van der Waals surface area contributed by atoms with E-state index < -0.39 is 4.92 Å². The lowest BCUT2D eigenvalue weighted by Crippen LogP contribution is -2.44. The lowest BCUT2D eigenvalue weighted by molar-refractivity contribution is -0.385. The van der Waals surface area contributed by atoms with Crippen LogP contribution in [0, 0.1) is 16.0 Å². The van der Waals surface area contributed by atoms with Gasteiger partial charge in [0.05, 0.1) is 4.92 Å². The van der Waals surface area contributed by atoms with Crippen molar-refractivity contribution in [1.82, 2.24) is 9.88 Å². The summed E-state index contributed by atoms with van der Waals surface area (Å²) in [6.07, 6.45) is 4.77. The first-order valence-corrected chi connectivity index (χ1v) is 8.20. The molecular weight excluding hydrogens is 296 g/mol. The van der Waals surface area contributed by atoms with Crippen molar-refractivity contribution in [3.8, 4) is 0 Å². The molecule has 2 rings (SSSR count). The van der Waals surface area contributed by atoms with Gasteiger partial charge in [-0.05, 0) is 31.7 Å². The zero-order chi connectivity index (χ0) is 16.8. The van der Waals surface area contributed by atoms with Crippen LogP contribution in [-0.4, -0.2) is 39.8 Å². The van der Waals surface area contributed by atoms with E-state index in [4.69, 9.17) is 0 Å². The van der Waals surface area contributed by atoms with Gasteiger partial charge in [0, 0.05) is 31.1 Å². The molecule has 0 radical (unpaired) electrons. The van der Waals surface area contributed by atoms with Crippen molar-refractivity contribution in [3.05, 3.63) is 28.4 Å². The minimum absolute atomic E-state index is 0.0128. The Bertz CT molecular complexity index is 535. The van der Waals surface area contributed by atoms with Gasteiger partial charge in [0.1, 0.15) is 12.0 Å². The number of aromatic nitrogens is 1. The number of anilines is 1. The number of rotatable bonds is 6. The molecule has 1 aliphatic heterocycles. The Morgan fingerprint density at radius 3 is 2.52 bits per heavy atom. The molecule has 1 aromatic rings. The van der Waals surface area contributed by atoms with Crippen LogP contribution in [0.3, 0.4) is 0 Å². The second-order valence-corrected chi connectivity index (χ2v) is 5.92. The summed E-state index contributed by atoms with van der Waals surface area (Å²) >= 11 is 0. The van der Waals surface area contributed by atoms with Crippen LogP contribution < -0.4 is 5.32 Å². The van der Waals surface area contributed by atoms with Gasteiger partial charge in [-0.25, -0.2) is 4.98 Å². The van der Waals surface area contributed by atoms with E-state index in [1.807, 2.05) is 4.90 Å². The molecule has 2 heterocycles. The number of carbonyl (C=O) groups excluding carboxylic acids is 1. The summed E-state index contributed by atoms with van der Waals surface area (Å²) in [5.74, 6) is 1.04. The molecular formula is C16H24N4O3. The summed E-state index contributed by atoms with van der Waals surface area (Å²) in [5, 5.41) is 13.9. The highest BCUT2D eigenvalue weighted by molar-refractivity contribution is 5.78. The highest BCUT2D eigenvalue weighted by Gasteiger charge is 2.26. The number of nitrogens with zero attached hydrogens (tertiary/aromatic N) is 3. The molecule has 7 nitrogen and oxygen atoms in total. The van der Waals surface area contributed by atoms with Crippen molar-refractivity contribution in [2.45, 2.75) is 45.6 Å². The molecule has 126 valence electrons. The number of nitro groups is 1. The molecule has 1 amide bonds. The predicted octanol–water partition coefficient (Wildman–Crippen LogP) is 2.83. The zero-order valence-electron chi connectivity index (χ0n) is 13.7. The van der Waals surface area contributed by atoms with Crippen molar-refractivity contribution < 1.29 is 9.72 Å². The van der Waals surface area contributed by atoms with Crippen LogP contribution in [0.5, 0.6) is 0 Å². The molecule has 1 N–H and O–H groups in total. The maximum absolute atomic E-state index is 12.4. The second-order valence-electron chi connectivity index (χ2n) is 5.92. The Kier molecular flexibility index (Phi) is 5.90. The zero-order valence-corrected chi connectivity index (χ0v) is 13.7. The molecule has 0 aliphatic carbocycles. The largest absolute Gasteiger partial charge is 0.367 e. The highest BCUT2D eigenvalue weighted by atomic mass is 16.6. The smallest absolute Gasteiger partial charge is 0.287 e. The minimum atomic E-state index is -0.460. The van der Waals surface area contributed by atoms with Gasteiger partial charge in [0.2, 0.25) is 5.91 Å². The fraction of sp³-hybridized carbons (Fsp3) is 0.625. The average Bonchev–Trinajstić information content (AvgIpc) is 2.57. The lowest BCUT2D eigenvalue weighted by Gasteiger charge is -2.34. The predicted molar refractivity (Wildman–Crippen MR) is 88.2 cm³/mol. The fourth-order valence-electron chi connectivity index (χ4n) is 2.93. The quantitative estimate of drug-likeness (QED) is 0.643. The molecule has 23 heavy (non-hydrogen) atoms. The molecule has 0 atom stereocenters. The van der Waals surface area contributed by atoms with Crippen LogP contribution in [0.4, 0.5) is 11.5 Å². The van der Waals surface area contributed by atoms with Crippen molar-refractivity contribution >= 4 is 17.4 Å². The summed E-state index contributed by atoms with van der Waals surface area (Å²) in [6.45, 7) is 5.61. The van der Waals surface area contributed by atoms with Crippen molar-refractivity contribution in [1.29, 1.82) is 0 Å². The maximum atomic E-state index is 12.4. The van der Waals surface area contributed by atoms with Gasteiger partial charge in [-0.15, -0.1) is 0 Å². The van der Waals surface area contributed by atoms with Crippen molar-refractivity contribution in [2.24, 2.45) is 5.92 Å². The van der Waals surface area contributed by atoms with Gasteiger partial charge in [-0.1, -0.05) is 13.8 Å². The number of likely N-dealkylation sites (tertiary alicyclic amines) is 1. The van der Waals surface area contributed by atoms with E-state index in [1.54, 1.807) is 6.07 Å². The summed E-state index contributed by atoms with van der Waals surface area (Å²) < 4.78 is 0. The normalized spacial score (nSPS) is 15.7. The number of piperidine rings is 1. The summed E-state index contributed by atoms with van der Waals surface area (Å²) in [5.41, 5.74) is -0.0128. The summed E-state index contributed by atoms with van der Waals surface area (Å²) in [4.78, 5) is 28.5. The molecule has 0 aromatic carbocycles. The molecule has 0 bridgehead atoms. The van der Waals surface area contributed by atoms with Crippen LogP contribution >= 0.6 is 0 Å². The van der Waals surface area contributed by atoms with E-state index in [9.17, 15) is 14.9 Å². The van der Waals surface area contributed by atoms with Gasteiger partial charge in [0.25, 0.3) is 5.69 Å². The number of amides is 1. The topological polar surface area (TPSA) is 88.4 Å². The van der Waals surface area contributed by atoms with Crippen molar-refractivity contribution in [2.75, 3.05) is 18.4 Å². The maximum Gasteiger partial charge on any atom is 0.287 e. The molecule has 1 fully saturated rings. The number of nitrogens with one attached hydrogen (secondary N) is 1. The monoisotopic (exact) mass is 320 g/mol. The third-order valence-electron chi connectivity index (χ3n) is 4.45. The van der Waals surface area contributed by atoms with Gasteiger partial charge in [-0.3, -0.25) is 14.9 Å². The molecule has 7 heteroatoms. The first kappa shape index (κ1) is 17.2. The van der Waals surface area contributed by atoms with Crippen LogP contribution in [0.1, 0.15) is 39.5 Å². The Balaban J connectivity index is 1.85. The molecule has 0 spiro atoms. The number of hydrogen-bond acceptors (Lipinski definition) is 5. The van der Waals surface area contributed by atoms with E-state index in [-0.39, 0.29) is 23.6 Å². The van der Waals surface area contributed by atoms with Gasteiger partial charge in [-0.2, -0.15) is 0 Å². The molecule has 1 aromatic heterocycles. The second kappa shape index (κ2) is 7.89.